The quantitative estimate of drug-likeness (QED) is 0.723. The van der Waals surface area contributed by atoms with Crippen LogP contribution in [0, 0.1) is 5.41 Å². The topological polar surface area (TPSA) is 61.4 Å². The molecule has 20 heavy (non-hydrogen) atoms. The molecular weight excluding hydrogens is 296 g/mol. The summed E-state index contributed by atoms with van der Waals surface area (Å²) in [6.07, 6.45) is 1.07. The van der Waals surface area contributed by atoms with E-state index in [1.54, 1.807) is 6.92 Å². The molecule has 4 nitrogen and oxygen atoms in total. The van der Waals surface area contributed by atoms with Gasteiger partial charge in [-0.2, -0.15) is 0 Å². The van der Waals surface area contributed by atoms with E-state index in [0.29, 0.717) is 19.5 Å². The number of carbonyl (C=O) groups is 1. The van der Waals surface area contributed by atoms with Crippen LogP contribution in [-0.2, 0) is 6.42 Å². The number of thiophene rings is 1. The van der Waals surface area contributed by atoms with Gasteiger partial charge in [-0.3, -0.25) is 0 Å². The zero-order valence-corrected chi connectivity index (χ0v) is 13.8. The maximum atomic E-state index is 11.7. The van der Waals surface area contributed by atoms with Crippen LogP contribution in [0.4, 0.5) is 4.79 Å². The van der Waals surface area contributed by atoms with Crippen LogP contribution in [0.5, 0.6) is 0 Å². The lowest BCUT2D eigenvalue weighted by Crippen LogP contribution is -2.42. The maximum absolute atomic E-state index is 11.7. The van der Waals surface area contributed by atoms with Gasteiger partial charge in [0.1, 0.15) is 0 Å². The molecule has 1 rings (SSSR count). The van der Waals surface area contributed by atoms with Crippen LogP contribution >= 0.6 is 22.9 Å². The molecule has 0 aliphatic rings. The molecule has 0 fully saturated rings. The largest absolute Gasteiger partial charge is 0.393 e. The van der Waals surface area contributed by atoms with Crippen molar-refractivity contribution in [2.24, 2.45) is 5.41 Å². The van der Waals surface area contributed by atoms with Crippen molar-refractivity contribution in [2.75, 3.05) is 13.1 Å². The molecule has 2 amide bonds. The number of halogens is 1. The molecule has 1 aromatic rings. The summed E-state index contributed by atoms with van der Waals surface area (Å²) < 4.78 is 0.768. The second-order valence-electron chi connectivity index (χ2n) is 5.78. The minimum absolute atomic E-state index is 0.118. The van der Waals surface area contributed by atoms with E-state index in [-0.39, 0.29) is 17.6 Å². The number of aliphatic hydroxyl groups is 1. The van der Waals surface area contributed by atoms with Crippen molar-refractivity contribution < 1.29 is 9.90 Å². The molecule has 114 valence electrons. The SMILES string of the molecule is CC(O)CC(C)(C)CNC(=O)NCCc1ccc(Cl)s1. The lowest BCUT2D eigenvalue weighted by molar-refractivity contribution is 0.129. The Morgan fingerprint density at radius 3 is 2.70 bits per heavy atom. The zero-order valence-electron chi connectivity index (χ0n) is 12.2. The van der Waals surface area contributed by atoms with Gasteiger partial charge in [-0.25, -0.2) is 4.79 Å². The zero-order chi connectivity index (χ0) is 15.2. The third-order valence-electron chi connectivity index (χ3n) is 2.86. The molecule has 0 aromatic carbocycles. The van der Waals surface area contributed by atoms with Crippen molar-refractivity contribution in [1.29, 1.82) is 0 Å². The molecule has 6 heteroatoms. The van der Waals surface area contributed by atoms with Crippen LogP contribution in [0.2, 0.25) is 4.34 Å². The Morgan fingerprint density at radius 1 is 1.45 bits per heavy atom. The predicted octanol–water partition coefficient (Wildman–Crippen LogP) is 3.04. The predicted molar refractivity (Wildman–Crippen MR) is 84.5 cm³/mol. The van der Waals surface area contributed by atoms with Crippen molar-refractivity contribution in [2.45, 2.75) is 39.7 Å². The van der Waals surface area contributed by atoms with Gasteiger partial charge in [0.25, 0.3) is 0 Å². The molecule has 0 aliphatic carbocycles. The van der Waals surface area contributed by atoms with Crippen LogP contribution in [0.15, 0.2) is 12.1 Å². The molecule has 0 saturated carbocycles. The number of aliphatic hydroxyl groups excluding tert-OH is 1. The highest BCUT2D eigenvalue weighted by molar-refractivity contribution is 7.16. The van der Waals surface area contributed by atoms with E-state index in [9.17, 15) is 9.90 Å². The number of carbonyl (C=O) groups excluding carboxylic acids is 1. The number of amides is 2. The Hall–Kier alpha value is -0.780. The number of hydrogen-bond acceptors (Lipinski definition) is 3. The second-order valence-corrected chi connectivity index (χ2v) is 7.58. The third-order valence-corrected chi connectivity index (χ3v) is 4.15. The van der Waals surface area contributed by atoms with Gasteiger partial charge in [0.05, 0.1) is 10.4 Å². The number of nitrogens with one attached hydrogen (secondary N) is 2. The highest BCUT2D eigenvalue weighted by Gasteiger charge is 2.20. The summed E-state index contributed by atoms with van der Waals surface area (Å²) in [6.45, 7) is 6.92. The molecule has 3 N–H and O–H groups in total. The van der Waals surface area contributed by atoms with E-state index in [2.05, 4.69) is 10.6 Å². The lowest BCUT2D eigenvalue weighted by Gasteiger charge is -2.26. The van der Waals surface area contributed by atoms with Crippen molar-refractivity contribution in [3.63, 3.8) is 0 Å². The standard InChI is InChI=1S/C14H23ClN2O2S/c1-10(18)8-14(2,3)9-17-13(19)16-7-6-11-4-5-12(15)20-11/h4-5,10,18H,6-9H2,1-3H3,(H2,16,17,19). The summed E-state index contributed by atoms with van der Waals surface area (Å²) in [6, 6.07) is 3.66. The van der Waals surface area contributed by atoms with Gasteiger partial charge < -0.3 is 15.7 Å². The van der Waals surface area contributed by atoms with Crippen LogP contribution in [0.1, 0.15) is 32.1 Å². The van der Waals surface area contributed by atoms with Gasteiger partial charge >= 0.3 is 6.03 Å². The Kier molecular flexibility index (Phi) is 6.79. The van der Waals surface area contributed by atoms with Crippen molar-refractivity contribution in [3.8, 4) is 0 Å². The molecule has 1 heterocycles. The summed E-state index contributed by atoms with van der Waals surface area (Å²) >= 11 is 7.37. The fourth-order valence-electron chi connectivity index (χ4n) is 2.04. The molecule has 0 spiro atoms. The smallest absolute Gasteiger partial charge is 0.314 e. The summed E-state index contributed by atoms with van der Waals surface area (Å²) in [5.41, 5.74) is -0.118. The Balaban J connectivity index is 2.20. The van der Waals surface area contributed by atoms with Crippen molar-refractivity contribution in [1.82, 2.24) is 10.6 Å². The average Bonchev–Trinajstić information content (AvgIpc) is 2.71. The van der Waals surface area contributed by atoms with Crippen LogP contribution in [0.3, 0.4) is 0 Å². The van der Waals surface area contributed by atoms with Gasteiger partial charge in [-0.05, 0) is 37.3 Å². The first-order chi connectivity index (χ1) is 9.28. The Bertz CT molecular complexity index is 433. The summed E-state index contributed by atoms with van der Waals surface area (Å²) in [4.78, 5) is 12.8. The van der Waals surface area contributed by atoms with Crippen molar-refractivity contribution >= 4 is 29.0 Å². The van der Waals surface area contributed by atoms with E-state index >= 15 is 0 Å². The summed E-state index contributed by atoms with van der Waals surface area (Å²) in [5, 5.41) is 15.0. The van der Waals surface area contributed by atoms with Crippen LogP contribution in [0.25, 0.3) is 0 Å². The van der Waals surface area contributed by atoms with Crippen LogP contribution in [-0.4, -0.2) is 30.3 Å². The van der Waals surface area contributed by atoms with E-state index in [4.69, 9.17) is 11.6 Å². The van der Waals surface area contributed by atoms with Gasteiger partial charge in [-0.15, -0.1) is 11.3 Å². The Morgan fingerprint density at radius 2 is 2.15 bits per heavy atom. The molecular formula is C14H23ClN2O2S. The minimum Gasteiger partial charge on any atom is -0.393 e. The minimum atomic E-state index is -0.363. The molecule has 0 saturated heterocycles. The van der Waals surface area contributed by atoms with Crippen molar-refractivity contribution in [3.05, 3.63) is 21.3 Å². The number of urea groups is 1. The second kappa shape index (κ2) is 7.86. The van der Waals surface area contributed by atoms with Crippen LogP contribution < -0.4 is 10.6 Å². The first kappa shape index (κ1) is 17.3. The highest BCUT2D eigenvalue weighted by Crippen LogP contribution is 2.22. The average molecular weight is 319 g/mol. The molecule has 1 atom stereocenters. The first-order valence-electron chi connectivity index (χ1n) is 6.72. The molecule has 0 bridgehead atoms. The number of hydrogen-bond donors (Lipinski definition) is 3. The van der Waals surface area contributed by atoms with E-state index in [1.165, 1.54) is 11.3 Å². The van der Waals surface area contributed by atoms with E-state index < -0.39 is 0 Å². The lowest BCUT2D eigenvalue weighted by atomic mass is 9.87. The van der Waals surface area contributed by atoms with E-state index in [1.807, 2.05) is 26.0 Å². The van der Waals surface area contributed by atoms with E-state index in [0.717, 1.165) is 15.6 Å². The normalized spacial score (nSPS) is 13.1. The van der Waals surface area contributed by atoms with Gasteiger partial charge in [0.15, 0.2) is 0 Å². The van der Waals surface area contributed by atoms with Gasteiger partial charge in [0.2, 0.25) is 0 Å². The number of rotatable bonds is 7. The van der Waals surface area contributed by atoms with Gasteiger partial charge in [-0.1, -0.05) is 25.4 Å². The summed E-state index contributed by atoms with van der Waals surface area (Å²) in [5.74, 6) is 0. The Labute approximate surface area is 129 Å². The fraction of sp³-hybridized carbons (Fsp3) is 0.643. The maximum Gasteiger partial charge on any atom is 0.314 e. The monoisotopic (exact) mass is 318 g/mol. The molecule has 1 aromatic heterocycles. The molecule has 0 radical (unpaired) electrons. The highest BCUT2D eigenvalue weighted by atomic mass is 35.5. The van der Waals surface area contributed by atoms with Gasteiger partial charge in [0, 0.05) is 18.0 Å². The summed E-state index contributed by atoms with van der Waals surface area (Å²) in [7, 11) is 0. The molecule has 0 aliphatic heterocycles. The molecule has 1 unspecified atom stereocenters. The fourth-order valence-corrected chi connectivity index (χ4v) is 3.13. The first-order valence-corrected chi connectivity index (χ1v) is 7.92. The third kappa shape index (κ3) is 7.12.